The van der Waals surface area contributed by atoms with Crippen molar-refractivity contribution in [3.8, 4) is 17.2 Å². The summed E-state index contributed by atoms with van der Waals surface area (Å²) in [5.74, 6) is 1.01. The predicted molar refractivity (Wildman–Crippen MR) is 111 cm³/mol. The van der Waals surface area contributed by atoms with Crippen LogP contribution in [0.2, 0.25) is 5.02 Å². The van der Waals surface area contributed by atoms with Crippen molar-refractivity contribution in [2.75, 3.05) is 19.8 Å². The third-order valence-electron chi connectivity index (χ3n) is 3.74. The topological polar surface area (TPSA) is 69.2 Å². The van der Waals surface area contributed by atoms with Gasteiger partial charge < -0.3 is 14.2 Å². The van der Waals surface area contributed by atoms with Crippen molar-refractivity contribution in [1.29, 1.82) is 0 Å². The van der Waals surface area contributed by atoms with Crippen molar-refractivity contribution in [3.05, 3.63) is 52.5 Å². The van der Waals surface area contributed by atoms with E-state index in [-0.39, 0.29) is 5.91 Å². The Balaban J connectivity index is 2.29. The van der Waals surface area contributed by atoms with Crippen molar-refractivity contribution in [2.45, 2.75) is 27.7 Å². The van der Waals surface area contributed by atoms with Crippen LogP contribution in [-0.2, 0) is 0 Å². The zero-order chi connectivity index (χ0) is 20.5. The maximum atomic E-state index is 12.6. The molecule has 0 aliphatic carbocycles. The van der Waals surface area contributed by atoms with Gasteiger partial charge in [0.1, 0.15) is 0 Å². The van der Waals surface area contributed by atoms with Gasteiger partial charge >= 0.3 is 0 Å². The van der Waals surface area contributed by atoms with Gasteiger partial charge in [-0.25, -0.2) is 5.43 Å². The third-order valence-corrected chi connectivity index (χ3v) is 3.97. The molecule has 0 heterocycles. The maximum Gasteiger partial charge on any atom is 0.271 e. The van der Waals surface area contributed by atoms with Crippen LogP contribution in [0.5, 0.6) is 17.2 Å². The Hall–Kier alpha value is -2.73. The molecule has 2 aromatic carbocycles. The summed E-state index contributed by atoms with van der Waals surface area (Å²) in [7, 11) is 0. The first kappa shape index (κ1) is 21.6. The number of hydrogen-bond donors (Lipinski definition) is 1. The fourth-order valence-electron chi connectivity index (χ4n) is 2.50. The first-order chi connectivity index (χ1) is 13.5. The molecule has 0 saturated heterocycles. The number of hydrazone groups is 1. The van der Waals surface area contributed by atoms with Crippen LogP contribution in [0.1, 0.15) is 43.6 Å². The van der Waals surface area contributed by atoms with Crippen LogP contribution < -0.4 is 19.6 Å². The minimum Gasteiger partial charge on any atom is -0.490 e. The fourth-order valence-corrected chi connectivity index (χ4v) is 2.69. The summed E-state index contributed by atoms with van der Waals surface area (Å²) in [5, 5.41) is 4.77. The largest absolute Gasteiger partial charge is 0.490 e. The van der Waals surface area contributed by atoms with Crippen LogP contribution >= 0.6 is 11.6 Å². The number of ether oxygens (including phenoxy) is 3. The molecule has 0 fully saturated rings. The molecule has 1 amide bonds. The van der Waals surface area contributed by atoms with Crippen molar-refractivity contribution in [3.63, 3.8) is 0 Å². The van der Waals surface area contributed by atoms with Gasteiger partial charge in [0, 0.05) is 10.6 Å². The van der Waals surface area contributed by atoms with Gasteiger partial charge in [0.05, 0.1) is 25.5 Å². The van der Waals surface area contributed by atoms with E-state index in [2.05, 4.69) is 10.5 Å². The highest BCUT2D eigenvalue weighted by Crippen LogP contribution is 2.39. The predicted octanol–water partition coefficient (Wildman–Crippen LogP) is 4.69. The van der Waals surface area contributed by atoms with E-state index in [0.29, 0.717) is 53.4 Å². The molecule has 0 saturated carbocycles. The Bertz CT molecular complexity index is 825. The average Bonchev–Trinajstić information content (AvgIpc) is 2.68. The Morgan fingerprint density at radius 3 is 2.11 bits per heavy atom. The second-order valence-corrected chi connectivity index (χ2v) is 6.19. The van der Waals surface area contributed by atoms with E-state index in [1.54, 1.807) is 31.2 Å². The van der Waals surface area contributed by atoms with E-state index in [9.17, 15) is 4.79 Å². The number of amides is 1. The lowest BCUT2D eigenvalue weighted by Gasteiger charge is -2.16. The van der Waals surface area contributed by atoms with Crippen LogP contribution in [0.25, 0.3) is 0 Å². The molecule has 0 aliphatic heterocycles. The van der Waals surface area contributed by atoms with Gasteiger partial charge in [0.2, 0.25) is 5.75 Å². The molecular weight excluding hydrogens is 380 g/mol. The van der Waals surface area contributed by atoms with E-state index in [0.717, 1.165) is 5.56 Å². The first-order valence-corrected chi connectivity index (χ1v) is 9.54. The van der Waals surface area contributed by atoms with Gasteiger partial charge in [-0.05, 0) is 57.5 Å². The standard InChI is InChI=1S/C21H25ClN2O4/c1-5-26-18-12-16(13-19(27-6-2)20(18)28-7-3)21(25)24-23-14(4)15-9-8-10-17(22)11-15/h8-13H,5-7H2,1-4H3,(H,24,25)/b23-14-. The number of benzene rings is 2. The number of nitrogens with zero attached hydrogens (tertiary/aromatic N) is 1. The minimum absolute atomic E-state index is 0.359. The highest BCUT2D eigenvalue weighted by molar-refractivity contribution is 6.31. The number of halogens is 1. The van der Waals surface area contributed by atoms with E-state index >= 15 is 0 Å². The van der Waals surface area contributed by atoms with E-state index in [1.165, 1.54) is 0 Å². The summed E-state index contributed by atoms with van der Waals surface area (Å²) in [4.78, 5) is 12.6. The second-order valence-electron chi connectivity index (χ2n) is 5.75. The lowest BCUT2D eigenvalue weighted by atomic mass is 10.1. The molecular formula is C21H25ClN2O4. The molecule has 0 unspecified atom stereocenters. The fraction of sp³-hybridized carbons (Fsp3) is 0.333. The molecule has 150 valence electrons. The van der Waals surface area contributed by atoms with Crippen LogP contribution in [-0.4, -0.2) is 31.4 Å². The summed E-state index contributed by atoms with van der Waals surface area (Å²) in [5.41, 5.74) is 4.38. The molecule has 7 heteroatoms. The van der Waals surface area contributed by atoms with Gasteiger partial charge in [-0.1, -0.05) is 23.7 Å². The average molecular weight is 405 g/mol. The Labute approximate surface area is 170 Å². The quantitative estimate of drug-likeness (QED) is 0.486. The summed E-state index contributed by atoms with van der Waals surface area (Å²) < 4.78 is 16.9. The van der Waals surface area contributed by atoms with Crippen molar-refractivity contribution in [2.24, 2.45) is 5.10 Å². The van der Waals surface area contributed by atoms with Crippen molar-refractivity contribution >= 4 is 23.2 Å². The van der Waals surface area contributed by atoms with Gasteiger partial charge in [-0.2, -0.15) is 5.10 Å². The molecule has 6 nitrogen and oxygen atoms in total. The van der Waals surface area contributed by atoms with Gasteiger partial charge in [0.25, 0.3) is 5.91 Å². The molecule has 28 heavy (non-hydrogen) atoms. The zero-order valence-corrected chi connectivity index (χ0v) is 17.3. The molecule has 1 N–H and O–H groups in total. The molecule has 0 atom stereocenters. The van der Waals surface area contributed by atoms with Crippen LogP contribution in [0, 0.1) is 0 Å². The maximum absolute atomic E-state index is 12.6. The summed E-state index contributed by atoms with van der Waals surface area (Å²) in [6.07, 6.45) is 0. The molecule has 0 bridgehead atoms. The number of carbonyl (C=O) groups excluding carboxylic acids is 1. The molecule has 0 aliphatic rings. The van der Waals surface area contributed by atoms with E-state index in [1.807, 2.05) is 32.9 Å². The monoisotopic (exact) mass is 404 g/mol. The van der Waals surface area contributed by atoms with Crippen LogP contribution in [0.3, 0.4) is 0 Å². The first-order valence-electron chi connectivity index (χ1n) is 9.17. The summed E-state index contributed by atoms with van der Waals surface area (Å²) in [6, 6.07) is 10.5. The van der Waals surface area contributed by atoms with Crippen LogP contribution in [0.4, 0.5) is 0 Å². The summed E-state index contributed by atoms with van der Waals surface area (Å²) in [6.45, 7) is 8.71. The summed E-state index contributed by atoms with van der Waals surface area (Å²) >= 11 is 6.00. The molecule has 0 spiro atoms. The van der Waals surface area contributed by atoms with Gasteiger partial charge in [0.15, 0.2) is 11.5 Å². The number of hydrogen-bond acceptors (Lipinski definition) is 5. The van der Waals surface area contributed by atoms with Gasteiger partial charge in [-0.3, -0.25) is 4.79 Å². The van der Waals surface area contributed by atoms with E-state index < -0.39 is 0 Å². The number of nitrogens with one attached hydrogen (secondary N) is 1. The smallest absolute Gasteiger partial charge is 0.271 e. The SMILES string of the molecule is CCOc1cc(C(=O)N/N=C(/C)c2cccc(Cl)c2)cc(OCC)c1OCC. The number of carbonyl (C=O) groups is 1. The third kappa shape index (κ3) is 5.63. The molecule has 2 rings (SSSR count). The minimum atomic E-state index is -0.383. The lowest BCUT2D eigenvalue weighted by molar-refractivity contribution is 0.0953. The Morgan fingerprint density at radius 2 is 1.57 bits per heavy atom. The second kappa shape index (κ2) is 10.6. The highest BCUT2D eigenvalue weighted by atomic mass is 35.5. The zero-order valence-electron chi connectivity index (χ0n) is 16.5. The van der Waals surface area contributed by atoms with Gasteiger partial charge in [-0.15, -0.1) is 0 Å². The molecule has 2 aromatic rings. The Morgan fingerprint density at radius 1 is 0.964 bits per heavy atom. The van der Waals surface area contributed by atoms with Crippen LogP contribution in [0.15, 0.2) is 41.5 Å². The molecule has 0 aromatic heterocycles. The Kier molecular flexibility index (Phi) is 8.14. The highest BCUT2D eigenvalue weighted by Gasteiger charge is 2.18. The van der Waals surface area contributed by atoms with Crippen molar-refractivity contribution in [1.82, 2.24) is 5.43 Å². The number of rotatable bonds is 9. The molecule has 0 radical (unpaired) electrons. The normalized spacial score (nSPS) is 11.1. The van der Waals surface area contributed by atoms with Crippen molar-refractivity contribution < 1.29 is 19.0 Å². The lowest BCUT2D eigenvalue weighted by Crippen LogP contribution is -2.20. The van der Waals surface area contributed by atoms with E-state index in [4.69, 9.17) is 25.8 Å².